The normalized spacial score (nSPS) is 13.1. The van der Waals surface area contributed by atoms with Crippen molar-refractivity contribution in [3.63, 3.8) is 0 Å². The maximum atomic E-state index is 10.1. The fourth-order valence-corrected chi connectivity index (χ4v) is 40.1. The molecule has 0 spiro atoms. The number of aromatic nitrogens is 3. The zero-order chi connectivity index (χ0) is 81.3. The second-order valence-corrected chi connectivity index (χ2v) is 46.3. The average molecular weight is 1790 g/mol. The highest BCUT2D eigenvalue weighted by Gasteiger charge is 2.50. The van der Waals surface area contributed by atoms with Gasteiger partial charge in [0.2, 0.25) is 0 Å². The van der Waals surface area contributed by atoms with Gasteiger partial charge in [-0.25, -0.2) is 15.0 Å². The van der Waals surface area contributed by atoms with Crippen molar-refractivity contribution in [2.75, 3.05) is 0 Å². The van der Waals surface area contributed by atoms with E-state index in [1.807, 2.05) is 121 Å². The third kappa shape index (κ3) is 15.6. The zero-order valence-electron chi connectivity index (χ0n) is 64.9. The van der Waals surface area contributed by atoms with Gasteiger partial charge in [0.25, 0.3) is 0 Å². The molecule has 1 aromatic heterocycles. The number of nitrogens with zero attached hydrogens (tertiary/aromatic N) is 3. The summed E-state index contributed by atoms with van der Waals surface area (Å²) in [6, 6.07) is 160. The van der Waals surface area contributed by atoms with E-state index in [4.69, 9.17) is 15.0 Å². The molecule has 17 aromatic carbocycles. The van der Waals surface area contributed by atoms with Gasteiger partial charge in [0.1, 0.15) is 0 Å². The Labute approximate surface area is 738 Å². The van der Waals surface area contributed by atoms with Gasteiger partial charge < -0.3 is 10.0 Å². The van der Waals surface area contributed by atoms with Gasteiger partial charge in [0.05, 0.1) is 0 Å². The van der Waals surface area contributed by atoms with E-state index < -0.39 is 31.3 Å². The van der Waals surface area contributed by atoms with Gasteiger partial charge in [0, 0.05) is 64.8 Å². The predicted molar refractivity (Wildman–Crippen MR) is 520 cm³/mol. The zero-order valence-corrected chi connectivity index (χ0v) is 74.4. The minimum absolute atomic E-state index is 0.575. The summed E-state index contributed by atoms with van der Waals surface area (Å²) in [6.07, 6.45) is 0. The van der Waals surface area contributed by atoms with Gasteiger partial charge in [-0.1, -0.05) is 441 Å². The molecule has 0 bridgehead atoms. The summed E-state index contributed by atoms with van der Waals surface area (Å²) in [4.78, 5) is 25.0. The third-order valence-electron chi connectivity index (χ3n) is 22.2. The molecule has 0 aliphatic carbocycles. The van der Waals surface area contributed by atoms with Crippen LogP contribution in [0.15, 0.2) is 497 Å². The van der Waals surface area contributed by atoms with Gasteiger partial charge in [-0.2, -0.15) is 0 Å². The van der Waals surface area contributed by atoms with Crippen LogP contribution in [0.5, 0.6) is 0 Å². The largest absolute Gasteiger partial charge is 0.489 e. The van der Waals surface area contributed by atoms with E-state index in [-0.39, 0.29) is 0 Å². The van der Waals surface area contributed by atoms with Gasteiger partial charge >= 0.3 is 7.12 Å². The van der Waals surface area contributed by atoms with Gasteiger partial charge in [-0.05, 0) is 165 Å². The third-order valence-corrected chi connectivity index (χ3v) is 44.6. The molecule has 0 fully saturated rings. The van der Waals surface area contributed by atoms with E-state index in [1.165, 1.54) is 102 Å². The molecule has 4 heterocycles. The first-order chi connectivity index (χ1) is 59.2. The first-order valence-corrected chi connectivity index (χ1v) is 50.6. The highest BCUT2D eigenvalue weighted by molar-refractivity contribution is 9.11. The van der Waals surface area contributed by atoms with Crippen molar-refractivity contribution < 1.29 is 10.0 Å². The topological polar surface area (TPSA) is 79.1 Å². The second-order valence-electron chi connectivity index (χ2n) is 29.1. The summed E-state index contributed by atoms with van der Waals surface area (Å²) in [5.41, 5.74) is 5.80. The lowest BCUT2D eigenvalue weighted by atomic mass is 9.80. The number of rotatable bonds is 13. The van der Waals surface area contributed by atoms with Crippen LogP contribution in [0, 0.1) is 0 Å². The molecule has 0 atom stereocenters. The molecule has 15 heteroatoms. The standard InChI is InChI=1S/C45H31N3SSi.C24H19BO2SSi.C24H18SSi.C12H8Br2S/c1-5-17-32(18-6-1)43-46-44(33-19-7-2-8-20-33)48-45(47-43)35-22-15-21-34(31-35)38-27-16-30-41-42(38)49-39-28-13-14-29-40(39)50(41,36-23-9-3-10-24-36)37-25-11-4-12-26-37;26-25(27)20-14-9-17-23-24(20)28-21-15-7-8-16-22(21)29(23,18-10-3-1-4-11-18)19-12-5-2-6-13-19;1-3-11-19(12-4-1)26(20-13-5-2-6-14-20)23-17-9-7-15-21(23)25-22-16-8-10-18-24(22)26;13-9-5-1-3-7-11(9)15-12-8-4-2-6-10(12)14/h1-31H;1-17,26-27H;1-18H;1-8H. The SMILES string of the molecule is Brc1ccccc1Sc1ccccc1Br.OB(O)c1cccc2c1Sc1ccccc1[Si]2(c1ccccc1)c1ccccc1.c1ccc(-c2nc(-c3ccccc3)nc(-c3cccc(-c4cccc5c4Sc4ccccc4[Si]5(c4ccccc4)c4ccccc4)c3)n2)cc1.c1ccc([Si]2(c3ccccc3)c3ccccc3Sc3ccccc32)cc1. The predicted octanol–water partition coefficient (Wildman–Crippen LogP) is 18.5. The fraction of sp³-hybridized carbons (Fsp3) is 0. The minimum atomic E-state index is -2.66. The minimum Gasteiger partial charge on any atom is -0.423 e. The number of hydrogen-bond acceptors (Lipinski definition) is 9. The molecule has 0 saturated heterocycles. The molecule has 3 aliphatic heterocycles. The highest BCUT2D eigenvalue weighted by Crippen LogP contribution is 2.42. The lowest BCUT2D eigenvalue weighted by Crippen LogP contribution is -2.77. The average Bonchev–Trinajstić information content (AvgIpc) is 0.723. The maximum absolute atomic E-state index is 10.1. The van der Waals surface area contributed by atoms with Crippen LogP contribution in [0.3, 0.4) is 0 Å². The van der Waals surface area contributed by atoms with Gasteiger partial charge in [-0.3, -0.25) is 0 Å². The molecule has 0 amide bonds. The molecule has 0 radical (unpaired) electrons. The van der Waals surface area contributed by atoms with Crippen LogP contribution in [-0.2, 0) is 0 Å². The van der Waals surface area contributed by atoms with Crippen molar-refractivity contribution in [2.24, 2.45) is 0 Å². The molecular formula is C105H76BBr2N3O2S4Si3. The Morgan fingerprint density at radius 3 is 0.883 bits per heavy atom. The Kier molecular flexibility index (Phi) is 24.2. The van der Waals surface area contributed by atoms with Gasteiger partial charge in [0.15, 0.2) is 41.7 Å². The van der Waals surface area contributed by atoms with Crippen LogP contribution >= 0.6 is 78.9 Å². The summed E-state index contributed by atoms with van der Waals surface area (Å²) < 4.78 is 2.26. The molecule has 5 nitrogen and oxygen atoms in total. The Morgan fingerprint density at radius 2 is 0.508 bits per heavy atom. The van der Waals surface area contributed by atoms with Crippen molar-refractivity contribution in [1.29, 1.82) is 0 Å². The molecule has 576 valence electrons. The van der Waals surface area contributed by atoms with Crippen molar-refractivity contribution in [3.05, 3.63) is 458 Å². The van der Waals surface area contributed by atoms with E-state index in [2.05, 4.69) is 384 Å². The summed E-state index contributed by atoms with van der Waals surface area (Å²) in [5, 5.41) is 36.9. The second kappa shape index (κ2) is 36.4. The summed E-state index contributed by atoms with van der Waals surface area (Å²) in [5.74, 6) is 1.97. The van der Waals surface area contributed by atoms with Crippen LogP contribution in [0.4, 0.5) is 0 Å². The van der Waals surface area contributed by atoms with Crippen molar-refractivity contribution in [1.82, 2.24) is 15.0 Å². The monoisotopic (exact) mass is 1790 g/mol. The van der Waals surface area contributed by atoms with E-state index in [1.54, 1.807) is 23.5 Å². The Hall–Kier alpha value is -11.3. The Balaban J connectivity index is 0.000000120. The first-order valence-electron chi connectivity index (χ1n) is 39.7. The molecule has 2 N–H and O–H groups in total. The first kappa shape index (κ1) is 79.8. The van der Waals surface area contributed by atoms with Crippen LogP contribution in [0.1, 0.15) is 0 Å². The summed E-state index contributed by atoms with van der Waals surface area (Å²) in [6.45, 7) is 0. The molecule has 0 unspecified atom stereocenters. The van der Waals surface area contributed by atoms with Gasteiger partial charge in [-0.15, -0.1) is 0 Å². The Bertz CT molecular complexity index is 6380. The molecule has 21 rings (SSSR count). The summed E-state index contributed by atoms with van der Waals surface area (Å²) >= 11 is 14.3. The van der Waals surface area contributed by atoms with E-state index in [9.17, 15) is 10.0 Å². The quantitative estimate of drug-likeness (QED) is 0.110. The number of hydrogen-bond donors (Lipinski definition) is 2. The van der Waals surface area contributed by atoms with Crippen LogP contribution < -0.4 is 67.7 Å². The van der Waals surface area contributed by atoms with Crippen molar-refractivity contribution in [3.8, 4) is 45.3 Å². The smallest absolute Gasteiger partial charge is 0.423 e. The van der Waals surface area contributed by atoms with Crippen LogP contribution in [-0.4, -0.2) is 56.3 Å². The van der Waals surface area contributed by atoms with Crippen molar-refractivity contribution in [2.45, 2.75) is 39.2 Å². The van der Waals surface area contributed by atoms with E-state index in [0.717, 1.165) is 36.1 Å². The van der Waals surface area contributed by atoms with Crippen LogP contribution in [0.2, 0.25) is 0 Å². The Morgan fingerprint density at radius 1 is 0.242 bits per heavy atom. The van der Waals surface area contributed by atoms with Crippen molar-refractivity contribution >= 4 is 178 Å². The lowest BCUT2D eigenvalue weighted by Gasteiger charge is -2.40. The van der Waals surface area contributed by atoms with E-state index >= 15 is 0 Å². The highest BCUT2D eigenvalue weighted by atomic mass is 79.9. The molecule has 0 saturated carbocycles. The molecule has 3 aliphatic rings. The number of benzene rings is 17. The number of halogens is 2. The maximum Gasteiger partial charge on any atom is 0.489 e. The fourth-order valence-electron chi connectivity index (χ4n) is 17.0. The lowest BCUT2D eigenvalue weighted by molar-refractivity contribution is 0.425. The van der Waals surface area contributed by atoms with E-state index in [0.29, 0.717) is 22.9 Å². The summed E-state index contributed by atoms with van der Waals surface area (Å²) in [7, 11) is -9.05. The molecular weight excluding hydrogens is 1720 g/mol. The molecule has 120 heavy (non-hydrogen) atoms. The number of fused-ring (bicyclic) bond motifs is 6. The van der Waals surface area contributed by atoms with Crippen LogP contribution in [0.25, 0.3) is 45.3 Å². The molecule has 18 aromatic rings.